The number of amides is 2. The molecule has 190 valence electrons. The van der Waals surface area contributed by atoms with Crippen LogP contribution in [0.5, 0.6) is 0 Å². The minimum Gasteiger partial charge on any atom is -0.465 e. The van der Waals surface area contributed by atoms with Gasteiger partial charge in [-0.05, 0) is 37.1 Å². The number of fused-ring (bicyclic) bond motifs is 1. The molecule has 2 amide bonds. The van der Waals surface area contributed by atoms with E-state index in [0.717, 1.165) is 5.56 Å². The first-order valence-electron chi connectivity index (χ1n) is 11.8. The normalized spacial score (nSPS) is 14.8. The molecular weight excluding hydrogens is 477 g/mol. The highest BCUT2D eigenvalue weighted by atomic mass is 19.1. The molecule has 0 aromatic heterocycles. The van der Waals surface area contributed by atoms with Crippen LogP contribution in [0.1, 0.15) is 29.2 Å². The lowest BCUT2D eigenvalue weighted by molar-refractivity contribution is -0.142. The van der Waals surface area contributed by atoms with Crippen molar-refractivity contribution in [1.82, 2.24) is 5.32 Å². The van der Waals surface area contributed by atoms with Crippen molar-refractivity contribution in [3.05, 3.63) is 101 Å². The number of benzodiazepines with no additional fused rings is 1. The fourth-order valence-corrected chi connectivity index (χ4v) is 4.05. The van der Waals surface area contributed by atoms with Crippen molar-refractivity contribution in [1.29, 1.82) is 0 Å². The van der Waals surface area contributed by atoms with Crippen LogP contribution in [-0.2, 0) is 25.7 Å². The summed E-state index contributed by atoms with van der Waals surface area (Å²) in [5, 5.41) is 2.47. The Morgan fingerprint density at radius 2 is 1.68 bits per heavy atom. The first-order chi connectivity index (χ1) is 17.9. The molecule has 37 heavy (non-hydrogen) atoms. The van der Waals surface area contributed by atoms with Crippen molar-refractivity contribution in [2.24, 2.45) is 4.99 Å². The number of esters is 1. The van der Waals surface area contributed by atoms with E-state index in [9.17, 15) is 18.8 Å². The van der Waals surface area contributed by atoms with Gasteiger partial charge in [0.25, 0.3) is 5.91 Å². The number of ether oxygens (including phenoxy) is 2. The van der Waals surface area contributed by atoms with Gasteiger partial charge in [0.1, 0.15) is 19.0 Å². The van der Waals surface area contributed by atoms with Crippen molar-refractivity contribution < 1.29 is 28.2 Å². The Labute approximate surface area is 213 Å². The Morgan fingerprint density at radius 3 is 2.41 bits per heavy atom. The number of alkyl carbamates (subject to hydrolysis) is 1. The summed E-state index contributed by atoms with van der Waals surface area (Å²) >= 11 is 0. The number of aryl methyl sites for hydroxylation is 1. The number of hydrogen-bond acceptors (Lipinski definition) is 6. The third-order valence-corrected chi connectivity index (χ3v) is 5.71. The molecule has 0 aliphatic carbocycles. The lowest BCUT2D eigenvalue weighted by Gasteiger charge is -2.26. The highest BCUT2D eigenvalue weighted by Crippen LogP contribution is 2.32. The largest absolute Gasteiger partial charge is 0.465 e. The van der Waals surface area contributed by atoms with Crippen LogP contribution in [0.2, 0.25) is 0 Å². The second-order valence-electron chi connectivity index (χ2n) is 8.27. The van der Waals surface area contributed by atoms with Crippen LogP contribution in [-0.4, -0.2) is 43.0 Å². The predicted molar refractivity (Wildman–Crippen MR) is 136 cm³/mol. The number of halogens is 1. The molecule has 4 rings (SSSR count). The Morgan fingerprint density at radius 1 is 0.973 bits per heavy atom. The smallest absolute Gasteiger partial charge is 0.409 e. The molecule has 0 unspecified atom stereocenters. The predicted octanol–water partition coefficient (Wildman–Crippen LogP) is 4.13. The average Bonchev–Trinajstić information content (AvgIpc) is 3.00. The van der Waals surface area contributed by atoms with Crippen LogP contribution in [0.25, 0.3) is 0 Å². The van der Waals surface area contributed by atoms with Crippen molar-refractivity contribution >= 4 is 29.4 Å². The number of nitrogens with one attached hydrogen (secondary N) is 1. The lowest BCUT2D eigenvalue weighted by atomic mass is 9.97. The maximum atomic E-state index is 14.9. The monoisotopic (exact) mass is 503 g/mol. The number of rotatable bonds is 7. The molecule has 1 heterocycles. The van der Waals surface area contributed by atoms with Crippen LogP contribution in [0.15, 0.2) is 77.8 Å². The summed E-state index contributed by atoms with van der Waals surface area (Å²) in [5.41, 5.74) is 2.53. The molecule has 3 aromatic carbocycles. The van der Waals surface area contributed by atoms with Crippen LogP contribution >= 0.6 is 0 Å². The molecule has 1 atom stereocenters. The Bertz CT molecular complexity index is 1340. The summed E-state index contributed by atoms with van der Waals surface area (Å²) in [6.45, 7) is 3.12. The summed E-state index contributed by atoms with van der Waals surface area (Å²) in [7, 11) is 0. The van der Waals surface area contributed by atoms with Crippen molar-refractivity contribution in [2.75, 3.05) is 18.1 Å². The summed E-state index contributed by atoms with van der Waals surface area (Å²) in [4.78, 5) is 44.6. The van der Waals surface area contributed by atoms with Gasteiger partial charge in [-0.2, -0.15) is 0 Å². The van der Waals surface area contributed by atoms with Gasteiger partial charge in [0, 0.05) is 11.1 Å². The quantitative estimate of drug-likeness (QED) is 0.489. The number of anilines is 1. The first-order valence-corrected chi connectivity index (χ1v) is 11.8. The average molecular weight is 504 g/mol. The van der Waals surface area contributed by atoms with E-state index in [1.54, 1.807) is 56.3 Å². The molecule has 0 saturated carbocycles. The number of para-hydroxylation sites is 1. The van der Waals surface area contributed by atoms with Crippen LogP contribution in [0, 0.1) is 12.7 Å². The fraction of sp³-hybridized carbons (Fsp3) is 0.214. The van der Waals surface area contributed by atoms with E-state index in [1.165, 1.54) is 17.0 Å². The van der Waals surface area contributed by atoms with Gasteiger partial charge in [-0.3, -0.25) is 19.8 Å². The molecule has 3 aromatic rings. The molecule has 9 heteroatoms. The zero-order valence-electron chi connectivity index (χ0n) is 20.4. The Balaban J connectivity index is 1.75. The highest BCUT2D eigenvalue weighted by Gasteiger charge is 2.36. The number of aliphatic imine (C=N–C) groups is 1. The standard InChI is InChI=1S/C28H26FN3O5/c1-3-36-23(33)16-32-25-18(2)10-9-14-21(25)24(20-13-7-8-15-22(20)29)30-26(27(32)34)31-28(35)37-17-19-11-5-4-6-12-19/h4-15,26H,3,16-17H2,1-2H3,(H,31,35)/t26-/m1/s1. The number of hydrogen-bond donors (Lipinski definition) is 1. The lowest BCUT2D eigenvalue weighted by Crippen LogP contribution is -2.49. The van der Waals surface area contributed by atoms with E-state index in [-0.39, 0.29) is 24.5 Å². The molecule has 0 bridgehead atoms. The van der Waals surface area contributed by atoms with E-state index in [2.05, 4.69) is 10.3 Å². The maximum absolute atomic E-state index is 14.9. The van der Waals surface area contributed by atoms with E-state index >= 15 is 0 Å². The molecule has 1 aliphatic heterocycles. The molecule has 0 radical (unpaired) electrons. The van der Waals surface area contributed by atoms with Gasteiger partial charge in [0.15, 0.2) is 0 Å². The minimum absolute atomic E-state index is 0.0245. The van der Waals surface area contributed by atoms with Gasteiger partial charge in [0.2, 0.25) is 6.17 Å². The molecule has 0 saturated heterocycles. The zero-order chi connectivity index (χ0) is 26.4. The summed E-state index contributed by atoms with van der Waals surface area (Å²) < 4.78 is 25.3. The van der Waals surface area contributed by atoms with E-state index < -0.39 is 36.5 Å². The zero-order valence-corrected chi connectivity index (χ0v) is 20.4. The van der Waals surface area contributed by atoms with Crippen LogP contribution in [0.4, 0.5) is 14.9 Å². The van der Waals surface area contributed by atoms with Gasteiger partial charge in [0.05, 0.1) is 18.0 Å². The van der Waals surface area contributed by atoms with Gasteiger partial charge in [-0.25, -0.2) is 14.2 Å². The highest BCUT2D eigenvalue weighted by molar-refractivity contribution is 6.21. The number of carbonyl (C=O) groups is 3. The topological polar surface area (TPSA) is 97.3 Å². The number of nitrogens with zero attached hydrogens (tertiary/aromatic N) is 2. The molecular formula is C28H26FN3O5. The van der Waals surface area contributed by atoms with Crippen molar-refractivity contribution in [3.63, 3.8) is 0 Å². The SMILES string of the molecule is CCOC(=O)CN1C(=O)[C@@H](NC(=O)OCc2ccccc2)N=C(c2ccccc2F)c2cccc(C)c21. The molecule has 0 spiro atoms. The van der Waals surface area contributed by atoms with Crippen LogP contribution < -0.4 is 10.2 Å². The molecule has 8 nitrogen and oxygen atoms in total. The van der Waals surface area contributed by atoms with E-state index in [0.29, 0.717) is 16.8 Å². The Kier molecular flexibility index (Phi) is 7.92. The third kappa shape index (κ3) is 5.83. The minimum atomic E-state index is -1.49. The van der Waals surface area contributed by atoms with E-state index in [1.807, 2.05) is 18.2 Å². The van der Waals surface area contributed by atoms with Crippen LogP contribution in [0.3, 0.4) is 0 Å². The second-order valence-corrected chi connectivity index (χ2v) is 8.27. The van der Waals surface area contributed by atoms with Crippen molar-refractivity contribution in [3.8, 4) is 0 Å². The second kappa shape index (κ2) is 11.5. The van der Waals surface area contributed by atoms with Crippen molar-refractivity contribution in [2.45, 2.75) is 26.6 Å². The first kappa shape index (κ1) is 25.6. The summed E-state index contributed by atoms with van der Waals surface area (Å²) in [6.07, 6.45) is -2.38. The summed E-state index contributed by atoms with van der Waals surface area (Å²) in [5.74, 6) is -1.87. The van der Waals surface area contributed by atoms with Gasteiger partial charge < -0.3 is 9.47 Å². The summed E-state index contributed by atoms with van der Waals surface area (Å²) in [6, 6.07) is 20.3. The number of carbonyl (C=O) groups excluding carboxylic acids is 3. The van der Waals surface area contributed by atoms with Gasteiger partial charge in [-0.15, -0.1) is 0 Å². The molecule has 0 fully saturated rings. The van der Waals surface area contributed by atoms with Gasteiger partial charge in [-0.1, -0.05) is 60.7 Å². The molecule has 1 N–H and O–H groups in total. The maximum Gasteiger partial charge on any atom is 0.409 e. The van der Waals surface area contributed by atoms with E-state index in [4.69, 9.17) is 9.47 Å². The Hall–Kier alpha value is -4.53. The third-order valence-electron chi connectivity index (χ3n) is 5.71. The fourth-order valence-electron chi connectivity index (χ4n) is 4.05. The molecule has 1 aliphatic rings. The number of benzene rings is 3. The van der Waals surface area contributed by atoms with Gasteiger partial charge >= 0.3 is 12.1 Å².